The molecule has 3 heteroatoms. The summed E-state index contributed by atoms with van der Waals surface area (Å²) in [7, 11) is 3.93. The zero-order chi connectivity index (χ0) is 17.2. The predicted octanol–water partition coefficient (Wildman–Crippen LogP) is 4.12. The quantitative estimate of drug-likeness (QED) is 0.692. The van der Waals surface area contributed by atoms with Gasteiger partial charge in [-0.3, -0.25) is 0 Å². The first-order valence-corrected chi connectivity index (χ1v) is 8.37. The van der Waals surface area contributed by atoms with Crippen molar-refractivity contribution in [3.05, 3.63) is 99.6 Å². The molecule has 0 bridgehead atoms. The molecule has 25 heavy (non-hydrogen) atoms. The molecule has 10 radical (unpaired) electrons. The molecule has 0 aliphatic heterocycles. The molecule has 1 aromatic carbocycles. The van der Waals surface area contributed by atoms with E-state index in [4.69, 9.17) is 4.74 Å². The van der Waals surface area contributed by atoms with Crippen LogP contribution in [0.4, 0.5) is 0 Å². The molecule has 0 heterocycles. The smallest absolute Gasteiger partial charge is 0.375 e. The Morgan fingerprint density at radius 1 is 0.880 bits per heavy atom. The summed E-state index contributed by atoms with van der Waals surface area (Å²) in [5.41, 5.74) is 1.23. The minimum Gasteiger partial charge on any atom is -0.375 e. The van der Waals surface area contributed by atoms with Gasteiger partial charge in [0.25, 0.3) is 0 Å². The maximum atomic E-state index is 5.70. The van der Waals surface area contributed by atoms with E-state index in [0.29, 0.717) is 6.04 Å². The van der Waals surface area contributed by atoms with E-state index in [0.717, 1.165) is 6.54 Å². The molecule has 0 N–H and O–H groups in total. The summed E-state index contributed by atoms with van der Waals surface area (Å²) >= 11 is 0. The molecular weight excluding hydrogens is 350 g/mol. The third-order valence-electron chi connectivity index (χ3n) is 4.23. The first-order valence-electron chi connectivity index (χ1n) is 8.37. The van der Waals surface area contributed by atoms with Gasteiger partial charge in [-0.15, -0.1) is 0 Å². The standard InChI is InChI=1S/C17H22NO.C5H5.Fe/c1-14(18(2)13-15-9-7-8-10-15)17(19-3)16-11-5-4-6-12-16;1-2-4-5-3-1;/h4-12,14,17H,13H2,1-3H3;1-5H;/q;;+2/t14-,17-;;/m0../s1. The van der Waals surface area contributed by atoms with Gasteiger partial charge in [-0.2, -0.15) is 0 Å². The van der Waals surface area contributed by atoms with Crippen molar-refractivity contribution in [2.24, 2.45) is 0 Å². The van der Waals surface area contributed by atoms with Crippen molar-refractivity contribution in [1.29, 1.82) is 0 Å². The average molecular weight is 377 g/mol. The van der Waals surface area contributed by atoms with Crippen molar-refractivity contribution in [3.8, 4) is 0 Å². The fraction of sp³-hybridized carbons (Fsp3) is 0.273. The SMILES string of the molecule is CO[C@H](c1ccccc1)[C@H](C)N(C)C[C]1[CH][CH][CH][CH]1.[CH]1[CH][CH][CH][CH]1.[Fe+2]. The number of ether oxygens (including phenoxy) is 1. The summed E-state index contributed by atoms with van der Waals surface area (Å²) in [6.45, 7) is 3.16. The van der Waals surface area contributed by atoms with Gasteiger partial charge in [-0.05, 0) is 83.2 Å². The molecule has 1 aromatic rings. The van der Waals surface area contributed by atoms with E-state index in [2.05, 4.69) is 68.8 Å². The Morgan fingerprint density at radius 3 is 1.88 bits per heavy atom. The molecule has 0 amide bonds. The molecule has 2 aliphatic carbocycles. The molecule has 2 saturated carbocycles. The van der Waals surface area contributed by atoms with Crippen LogP contribution in [0.15, 0.2) is 30.3 Å². The van der Waals surface area contributed by atoms with E-state index < -0.39 is 0 Å². The minimum absolute atomic E-state index is 0. The fourth-order valence-corrected chi connectivity index (χ4v) is 2.76. The van der Waals surface area contributed by atoms with Gasteiger partial charge in [0.05, 0.1) is 6.10 Å². The van der Waals surface area contributed by atoms with Crippen molar-refractivity contribution < 1.29 is 21.8 Å². The number of likely N-dealkylation sites (N-methyl/N-ethyl adjacent to an activating group) is 1. The third kappa shape index (κ3) is 7.83. The normalized spacial score (nSPS) is 19.8. The van der Waals surface area contributed by atoms with Gasteiger partial charge >= 0.3 is 17.1 Å². The summed E-state index contributed by atoms with van der Waals surface area (Å²) < 4.78 is 5.70. The van der Waals surface area contributed by atoms with Gasteiger partial charge in [-0.25, -0.2) is 0 Å². The van der Waals surface area contributed by atoms with Gasteiger partial charge in [0.15, 0.2) is 0 Å². The van der Waals surface area contributed by atoms with Crippen molar-refractivity contribution >= 4 is 0 Å². The molecular formula is C22H27FeNO+2. The molecule has 2 fully saturated rings. The van der Waals surface area contributed by atoms with Crippen LogP contribution in [0.2, 0.25) is 0 Å². The summed E-state index contributed by atoms with van der Waals surface area (Å²) in [4.78, 5) is 2.33. The molecule has 3 rings (SSSR count). The summed E-state index contributed by atoms with van der Waals surface area (Å²) in [6, 6.07) is 10.7. The second-order valence-corrected chi connectivity index (χ2v) is 5.98. The molecule has 2 aliphatic rings. The van der Waals surface area contributed by atoms with E-state index in [1.165, 1.54) is 11.5 Å². The first kappa shape index (κ1) is 22.7. The van der Waals surface area contributed by atoms with E-state index in [1.807, 2.05) is 38.2 Å². The molecule has 0 saturated heterocycles. The Labute approximate surface area is 166 Å². The summed E-state index contributed by atoms with van der Waals surface area (Å²) in [5.74, 6) is 1.34. The Bertz CT molecular complexity index is 421. The van der Waals surface area contributed by atoms with E-state index in [1.54, 1.807) is 7.11 Å². The van der Waals surface area contributed by atoms with Crippen LogP contribution in [0.25, 0.3) is 0 Å². The van der Waals surface area contributed by atoms with Crippen LogP contribution in [0.5, 0.6) is 0 Å². The van der Waals surface area contributed by atoms with Crippen LogP contribution < -0.4 is 0 Å². The Balaban J connectivity index is 0.000000448. The van der Waals surface area contributed by atoms with Crippen molar-refractivity contribution in [2.45, 2.75) is 19.1 Å². The van der Waals surface area contributed by atoms with E-state index >= 15 is 0 Å². The fourth-order valence-electron chi connectivity index (χ4n) is 2.76. The molecule has 2 nitrogen and oxygen atoms in total. The van der Waals surface area contributed by atoms with Gasteiger partial charge in [0.2, 0.25) is 0 Å². The predicted molar refractivity (Wildman–Crippen MR) is 100 cm³/mol. The van der Waals surface area contributed by atoms with E-state index in [-0.39, 0.29) is 23.2 Å². The Kier molecular flexibility index (Phi) is 11.7. The maximum Gasteiger partial charge on any atom is 2.00 e. The molecule has 0 spiro atoms. The monoisotopic (exact) mass is 377 g/mol. The topological polar surface area (TPSA) is 12.5 Å². The second-order valence-electron chi connectivity index (χ2n) is 5.98. The number of hydrogen-bond donors (Lipinski definition) is 0. The second kappa shape index (κ2) is 12.9. The van der Waals surface area contributed by atoms with Crippen LogP contribution >= 0.6 is 0 Å². The van der Waals surface area contributed by atoms with Crippen LogP contribution in [0.1, 0.15) is 18.6 Å². The van der Waals surface area contributed by atoms with Gasteiger partial charge in [0.1, 0.15) is 0 Å². The summed E-state index contributed by atoms with van der Waals surface area (Å²) in [6.07, 6.45) is 18.6. The molecule has 0 aromatic heterocycles. The third-order valence-corrected chi connectivity index (χ3v) is 4.23. The number of nitrogens with zero attached hydrogens (tertiary/aromatic N) is 1. The molecule has 0 unspecified atom stereocenters. The van der Waals surface area contributed by atoms with Gasteiger partial charge in [0, 0.05) is 19.7 Å². The maximum absolute atomic E-state index is 5.70. The van der Waals surface area contributed by atoms with Crippen LogP contribution in [-0.2, 0) is 21.8 Å². The number of benzene rings is 1. The van der Waals surface area contributed by atoms with Crippen molar-refractivity contribution in [2.75, 3.05) is 20.7 Å². The average Bonchev–Trinajstić information content (AvgIpc) is 3.33. The first-order chi connectivity index (χ1) is 11.7. The van der Waals surface area contributed by atoms with Crippen molar-refractivity contribution in [3.63, 3.8) is 0 Å². The van der Waals surface area contributed by atoms with Crippen LogP contribution in [0.3, 0.4) is 0 Å². The number of methoxy groups -OCH3 is 1. The van der Waals surface area contributed by atoms with E-state index in [9.17, 15) is 0 Å². The Hall–Kier alpha value is -0.341. The largest absolute Gasteiger partial charge is 2.00 e. The zero-order valence-corrected chi connectivity index (χ0v) is 16.3. The Morgan fingerprint density at radius 2 is 1.40 bits per heavy atom. The minimum atomic E-state index is 0. The van der Waals surface area contributed by atoms with Crippen LogP contribution in [-0.4, -0.2) is 31.6 Å². The number of hydrogen-bond acceptors (Lipinski definition) is 2. The molecule has 2 atom stereocenters. The summed E-state index contributed by atoms with van der Waals surface area (Å²) in [5, 5.41) is 0. The van der Waals surface area contributed by atoms with Gasteiger partial charge < -0.3 is 9.64 Å². The number of rotatable bonds is 6. The van der Waals surface area contributed by atoms with Crippen molar-refractivity contribution in [1.82, 2.24) is 4.90 Å². The van der Waals surface area contributed by atoms with Gasteiger partial charge in [-0.1, -0.05) is 30.3 Å². The van der Waals surface area contributed by atoms with Crippen LogP contribution in [0, 0.1) is 63.7 Å². The molecule has 132 valence electrons. The zero-order valence-electron chi connectivity index (χ0n) is 15.2.